The maximum absolute atomic E-state index is 11.9. The van der Waals surface area contributed by atoms with Crippen LogP contribution in [-0.4, -0.2) is 25.7 Å². The van der Waals surface area contributed by atoms with Gasteiger partial charge < -0.3 is 15.5 Å². The Bertz CT molecular complexity index is 434. The zero-order valence-electron chi connectivity index (χ0n) is 13.2. The van der Waals surface area contributed by atoms with E-state index in [2.05, 4.69) is 41.5 Å². The molecule has 0 unspecified atom stereocenters. The summed E-state index contributed by atoms with van der Waals surface area (Å²) in [5.74, 6) is 0.667. The van der Waals surface area contributed by atoms with Gasteiger partial charge in [-0.25, -0.2) is 4.79 Å². The maximum atomic E-state index is 11.9. The van der Waals surface area contributed by atoms with Crippen molar-refractivity contribution in [1.29, 1.82) is 0 Å². The summed E-state index contributed by atoms with van der Waals surface area (Å²) in [5, 5.41) is 5.87. The van der Waals surface area contributed by atoms with Gasteiger partial charge >= 0.3 is 6.03 Å². The first-order chi connectivity index (χ1) is 10.2. The third-order valence-corrected chi connectivity index (χ3v) is 4.28. The Labute approximate surface area is 127 Å². The van der Waals surface area contributed by atoms with Crippen LogP contribution in [0.2, 0.25) is 0 Å². The highest BCUT2D eigenvalue weighted by Crippen LogP contribution is 2.23. The van der Waals surface area contributed by atoms with Crippen LogP contribution in [0.3, 0.4) is 0 Å². The maximum Gasteiger partial charge on any atom is 0.319 e. The van der Waals surface area contributed by atoms with E-state index in [1.807, 2.05) is 12.1 Å². The number of carbonyl (C=O) groups is 1. The van der Waals surface area contributed by atoms with E-state index in [4.69, 9.17) is 0 Å². The molecule has 2 amide bonds. The molecule has 1 saturated carbocycles. The SMILES string of the molecule is CCN(CC)c1ccc(NC(=O)NCC2CCCC2)cc1. The predicted octanol–water partition coefficient (Wildman–Crippen LogP) is 3.84. The van der Waals surface area contributed by atoms with E-state index in [1.54, 1.807) is 0 Å². The van der Waals surface area contributed by atoms with E-state index in [0.29, 0.717) is 5.92 Å². The number of hydrogen-bond donors (Lipinski definition) is 2. The third kappa shape index (κ3) is 4.66. The smallest absolute Gasteiger partial charge is 0.319 e. The molecule has 0 atom stereocenters. The predicted molar refractivity (Wildman–Crippen MR) is 89.0 cm³/mol. The first-order valence-electron chi connectivity index (χ1n) is 8.12. The van der Waals surface area contributed by atoms with Crippen LogP contribution >= 0.6 is 0 Å². The molecular formula is C17H27N3O. The Morgan fingerprint density at radius 1 is 1.14 bits per heavy atom. The van der Waals surface area contributed by atoms with Gasteiger partial charge in [-0.3, -0.25) is 0 Å². The minimum absolute atomic E-state index is 0.0995. The lowest BCUT2D eigenvalue weighted by Crippen LogP contribution is -2.32. The zero-order valence-corrected chi connectivity index (χ0v) is 13.2. The third-order valence-electron chi connectivity index (χ3n) is 4.28. The van der Waals surface area contributed by atoms with Gasteiger partial charge in [0.1, 0.15) is 0 Å². The quantitative estimate of drug-likeness (QED) is 0.835. The molecule has 0 heterocycles. The van der Waals surface area contributed by atoms with Gasteiger partial charge in [-0.15, -0.1) is 0 Å². The molecule has 0 aromatic heterocycles. The average molecular weight is 289 g/mol. The van der Waals surface area contributed by atoms with Crippen molar-refractivity contribution in [3.63, 3.8) is 0 Å². The Morgan fingerprint density at radius 2 is 1.76 bits per heavy atom. The van der Waals surface area contributed by atoms with Gasteiger partial charge in [0.05, 0.1) is 0 Å². The monoisotopic (exact) mass is 289 g/mol. The second-order valence-electron chi connectivity index (χ2n) is 5.70. The number of benzene rings is 1. The number of urea groups is 1. The Kier molecular flexibility index (Phi) is 5.90. The van der Waals surface area contributed by atoms with Gasteiger partial charge in [0.15, 0.2) is 0 Å². The van der Waals surface area contributed by atoms with E-state index in [0.717, 1.165) is 25.3 Å². The number of hydrogen-bond acceptors (Lipinski definition) is 2. The lowest BCUT2D eigenvalue weighted by atomic mass is 10.1. The minimum Gasteiger partial charge on any atom is -0.372 e. The van der Waals surface area contributed by atoms with Crippen LogP contribution < -0.4 is 15.5 Å². The zero-order chi connectivity index (χ0) is 15.1. The van der Waals surface area contributed by atoms with E-state index in [-0.39, 0.29) is 6.03 Å². The van der Waals surface area contributed by atoms with Crippen molar-refractivity contribution in [3.05, 3.63) is 24.3 Å². The largest absolute Gasteiger partial charge is 0.372 e. The molecule has 116 valence electrons. The molecule has 4 nitrogen and oxygen atoms in total. The molecule has 0 bridgehead atoms. The lowest BCUT2D eigenvalue weighted by Gasteiger charge is -2.21. The van der Waals surface area contributed by atoms with Crippen LogP contribution in [0.15, 0.2) is 24.3 Å². The Balaban J connectivity index is 1.80. The van der Waals surface area contributed by atoms with Gasteiger partial charge in [-0.1, -0.05) is 12.8 Å². The van der Waals surface area contributed by atoms with E-state index in [9.17, 15) is 4.79 Å². The number of nitrogens with one attached hydrogen (secondary N) is 2. The summed E-state index contributed by atoms with van der Waals surface area (Å²) < 4.78 is 0. The van der Waals surface area contributed by atoms with Crippen molar-refractivity contribution >= 4 is 17.4 Å². The van der Waals surface area contributed by atoms with Gasteiger partial charge in [0.25, 0.3) is 0 Å². The second kappa shape index (κ2) is 7.91. The summed E-state index contributed by atoms with van der Waals surface area (Å²) in [7, 11) is 0. The Morgan fingerprint density at radius 3 is 2.33 bits per heavy atom. The van der Waals surface area contributed by atoms with Crippen LogP contribution in [-0.2, 0) is 0 Å². The summed E-state index contributed by atoms with van der Waals surface area (Å²) in [5.41, 5.74) is 2.03. The lowest BCUT2D eigenvalue weighted by molar-refractivity contribution is 0.250. The summed E-state index contributed by atoms with van der Waals surface area (Å²) >= 11 is 0. The molecule has 0 radical (unpaired) electrons. The number of amides is 2. The highest BCUT2D eigenvalue weighted by molar-refractivity contribution is 5.89. The topological polar surface area (TPSA) is 44.4 Å². The molecule has 4 heteroatoms. The van der Waals surface area contributed by atoms with Crippen LogP contribution in [0.4, 0.5) is 16.2 Å². The molecule has 0 saturated heterocycles. The molecule has 1 aliphatic carbocycles. The summed E-state index contributed by atoms with van der Waals surface area (Å²) in [6.07, 6.45) is 5.11. The van der Waals surface area contributed by atoms with Crippen LogP contribution in [0.25, 0.3) is 0 Å². The van der Waals surface area contributed by atoms with Gasteiger partial charge in [-0.05, 0) is 56.9 Å². The van der Waals surface area contributed by atoms with Crippen LogP contribution in [0, 0.1) is 5.92 Å². The van der Waals surface area contributed by atoms with Crippen molar-refractivity contribution in [2.75, 3.05) is 29.9 Å². The fourth-order valence-electron chi connectivity index (χ4n) is 2.97. The van der Waals surface area contributed by atoms with Gasteiger partial charge in [-0.2, -0.15) is 0 Å². The molecule has 1 aromatic carbocycles. The molecule has 0 aliphatic heterocycles. The highest BCUT2D eigenvalue weighted by Gasteiger charge is 2.15. The number of carbonyl (C=O) groups excluding carboxylic acids is 1. The molecule has 1 aromatic rings. The average Bonchev–Trinajstić information content (AvgIpc) is 3.01. The van der Waals surface area contributed by atoms with Crippen molar-refractivity contribution < 1.29 is 4.79 Å². The molecule has 2 rings (SSSR count). The van der Waals surface area contributed by atoms with E-state index < -0.39 is 0 Å². The standard InChI is InChI=1S/C17H27N3O/c1-3-20(4-2)16-11-9-15(10-12-16)19-17(21)18-13-14-7-5-6-8-14/h9-12,14H,3-8,13H2,1-2H3,(H2,18,19,21). The Hall–Kier alpha value is -1.71. The second-order valence-corrected chi connectivity index (χ2v) is 5.70. The van der Waals surface area contributed by atoms with Crippen LogP contribution in [0.1, 0.15) is 39.5 Å². The fourth-order valence-corrected chi connectivity index (χ4v) is 2.97. The number of nitrogens with zero attached hydrogens (tertiary/aromatic N) is 1. The van der Waals surface area contributed by atoms with E-state index in [1.165, 1.54) is 31.4 Å². The van der Waals surface area contributed by atoms with Crippen molar-refractivity contribution in [1.82, 2.24) is 5.32 Å². The van der Waals surface area contributed by atoms with Crippen molar-refractivity contribution in [3.8, 4) is 0 Å². The fraction of sp³-hybridized carbons (Fsp3) is 0.588. The normalized spacial score (nSPS) is 15.0. The molecule has 0 spiro atoms. The first-order valence-corrected chi connectivity index (χ1v) is 8.12. The van der Waals surface area contributed by atoms with E-state index >= 15 is 0 Å². The van der Waals surface area contributed by atoms with Crippen molar-refractivity contribution in [2.24, 2.45) is 5.92 Å². The summed E-state index contributed by atoms with van der Waals surface area (Å²) in [6, 6.07) is 7.93. The van der Waals surface area contributed by atoms with Crippen LogP contribution in [0.5, 0.6) is 0 Å². The van der Waals surface area contributed by atoms with Gasteiger partial charge in [0.2, 0.25) is 0 Å². The summed E-state index contributed by atoms with van der Waals surface area (Å²) in [6.45, 7) is 7.07. The highest BCUT2D eigenvalue weighted by atomic mass is 16.2. The number of rotatable bonds is 6. The molecule has 1 aliphatic rings. The first kappa shape index (κ1) is 15.7. The number of anilines is 2. The molecule has 2 N–H and O–H groups in total. The molecule has 21 heavy (non-hydrogen) atoms. The molecular weight excluding hydrogens is 262 g/mol. The van der Waals surface area contributed by atoms with Gasteiger partial charge in [0, 0.05) is 31.0 Å². The summed E-state index contributed by atoms with van der Waals surface area (Å²) in [4.78, 5) is 14.1. The van der Waals surface area contributed by atoms with Crippen molar-refractivity contribution in [2.45, 2.75) is 39.5 Å². The minimum atomic E-state index is -0.0995. The molecule has 1 fully saturated rings.